The number of hydrogen-bond acceptors (Lipinski definition) is 8. The number of aryl methyl sites for hydroxylation is 2. The van der Waals surface area contributed by atoms with Crippen LogP contribution in [-0.4, -0.2) is 33.0 Å². The summed E-state index contributed by atoms with van der Waals surface area (Å²) in [5.41, 5.74) is 1.79. The van der Waals surface area contributed by atoms with Crippen LogP contribution in [-0.2, 0) is 25.3 Å². The van der Waals surface area contributed by atoms with Crippen LogP contribution >= 0.6 is 0 Å². The molecule has 0 aliphatic heterocycles. The molecule has 0 aromatic carbocycles. The molecule has 8 heteroatoms. The van der Waals surface area contributed by atoms with Crippen molar-refractivity contribution in [3.63, 3.8) is 0 Å². The van der Waals surface area contributed by atoms with Crippen molar-refractivity contribution in [2.45, 2.75) is 49.8 Å². The number of anilines is 2. The van der Waals surface area contributed by atoms with Gasteiger partial charge in [-0.05, 0) is 26.7 Å². The summed E-state index contributed by atoms with van der Waals surface area (Å²) >= 11 is 10.0. The molecule has 6 nitrogen and oxygen atoms in total. The fourth-order valence-corrected chi connectivity index (χ4v) is 2.78. The molecule has 0 saturated carbocycles. The zero-order valence-corrected chi connectivity index (χ0v) is 15.6. The van der Waals surface area contributed by atoms with Crippen molar-refractivity contribution < 1.29 is 0 Å². The van der Waals surface area contributed by atoms with Crippen LogP contribution in [0.5, 0.6) is 0 Å². The zero-order valence-electron chi connectivity index (χ0n) is 14.0. The van der Waals surface area contributed by atoms with Crippen LogP contribution < -0.4 is 10.6 Å². The zero-order chi connectivity index (χ0) is 17.4. The summed E-state index contributed by atoms with van der Waals surface area (Å²) in [6.07, 6.45) is 4.51. The standard InChI is InChI=1S/C16H24N6S2/c1-11-9-13(21-15(23)19-11)17-7-5-3-4-6-8-18-14-10-12(2)20-16(24)22-14/h9-10H,3-8H2,1-2H3,(H2,17,19,21,23)(H2,18,20,22,24)/p-2. The number of hydrogen-bond donors (Lipinski definition) is 2. The van der Waals surface area contributed by atoms with Gasteiger partial charge in [0.25, 0.3) is 0 Å². The van der Waals surface area contributed by atoms with Gasteiger partial charge >= 0.3 is 0 Å². The average Bonchev–Trinajstić information content (AvgIpc) is 2.48. The molecule has 0 aliphatic rings. The Labute approximate surface area is 154 Å². The van der Waals surface area contributed by atoms with Crippen molar-refractivity contribution in [3.05, 3.63) is 23.5 Å². The van der Waals surface area contributed by atoms with Crippen LogP contribution in [0.1, 0.15) is 37.1 Å². The molecule has 0 radical (unpaired) electrons. The highest BCUT2D eigenvalue weighted by Crippen LogP contribution is 2.08. The van der Waals surface area contributed by atoms with Crippen molar-refractivity contribution in [2.75, 3.05) is 23.7 Å². The molecule has 2 N–H and O–H groups in total. The third kappa shape index (κ3) is 6.76. The van der Waals surface area contributed by atoms with Gasteiger partial charge in [-0.25, -0.2) is 9.97 Å². The molecule has 0 amide bonds. The van der Waals surface area contributed by atoms with Crippen molar-refractivity contribution >= 4 is 36.9 Å². The molecule has 2 rings (SSSR count). The summed E-state index contributed by atoms with van der Waals surface area (Å²) < 4.78 is 0. The van der Waals surface area contributed by atoms with E-state index in [0.29, 0.717) is 10.3 Å². The molecule has 2 aromatic heterocycles. The van der Waals surface area contributed by atoms with Crippen molar-refractivity contribution in [2.24, 2.45) is 0 Å². The molecule has 130 valence electrons. The van der Waals surface area contributed by atoms with Crippen LogP contribution in [0.15, 0.2) is 22.4 Å². The predicted octanol–water partition coefficient (Wildman–Crippen LogP) is 2.78. The maximum Gasteiger partial charge on any atom is 0.127 e. The molecule has 0 spiro atoms. The van der Waals surface area contributed by atoms with Crippen molar-refractivity contribution in [3.8, 4) is 0 Å². The molecule has 0 saturated heterocycles. The van der Waals surface area contributed by atoms with E-state index in [0.717, 1.165) is 61.8 Å². The van der Waals surface area contributed by atoms with Crippen LogP contribution in [0.3, 0.4) is 0 Å². The topological polar surface area (TPSA) is 75.6 Å². The summed E-state index contributed by atoms with van der Waals surface area (Å²) in [7, 11) is 0. The van der Waals surface area contributed by atoms with E-state index in [1.165, 1.54) is 0 Å². The highest BCUT2D eigenvalue weighted by atomic mass is 32.1. The molecule has 24 heavy (non-hydrogen) atoms. The largest absolute Gasteiger partial charge is 0.740 e. The average molecular weight is 363 g/mol. The molecule has 2 heterocycles. The van der Waals surface area contributed by atoms with E-state index in [9.17, 15) is 0 Å². The second-order valence-corrected chi connectivity index (χ2v) is 6.35. The lowest BCUT2D eigenvalue weighted by atomic mass is 10.2. The van der Waals surface area contributed by atoms with E-state index in [2.05, 4.69) is 30.6 Å². The number of nitrogens with zero attached hydrogens (tertiary/aromatic N) is 4. The normalized spacial score (nSPS) is 10.6. The second-order valence-electron chi connectivity index (χ2n) is 5.62. The van der Waals surface area contributed by atoms with Gasteiger partial charge in [-0.2, -0.15) is 0 Å². The van der Waals surface area contributed by atoms with Gasteiger partial charge in [0.05, 0.1) is 0 Å². The van der Waals surface area contributed by atoms with Crippen LogP contribution in [0.4, 0.5) is 11.6 Å². The first-order valence-corrected chi connectivity index (χ1v) is 8.88. The Bertz CT molecular complexity index is 567. The summed E-state index contributed by atoms with van der Waals surface area (Å²) in [4.78, 5) is 16.6. The molecule has 0 atom stereocenters. The van der Waals surface area contributed by atoms with E-state index in [1.807, 2.05) is 26.0 Å². The monoisotopic (exact) mass is 362 g/mol. The maximum absolute atomic E-state index is 5.01. The highest BCUT2D eigenvalue weighted by Gasteiger charge is 1.97. The van der Waals surface area contributed by atoms with Crippen LogP contribution in [0.2, 0.25) is 0 Å². The lowest BCUT2D eigenvalue weighted by Gasteiger charge is -2.11. The van der Waals surface area contributed by atoms with Gasteiger partial charge in [0.15, 0.2) is 0 Å². The minimum Gasteiger partial charge on any atom is -0.740 e. The summed E-state index contributed by atoms with van der Waals surface area (Å²) in [6, 6.07) is 3.83. The molecule has 0 unspecified atom stereocenters. The Hall–Kier alpha value is -1.80. The number of nitrogens with one attached hydrogen (secondary N) is 2. The van der Waals surface area contributed by atoms with E-state index in [1.54, 1.807) is 0 Å². The first kappa shape index (κ1) is 18.5. The smallest absolute Gasteiger partial charge is 0.127 e. The first-order valence-electron chi connectivity index (χ1n) is 8.06. The Morgan fingerprint density at radius 1 is 0.708 bits per heavy atom. The highest BCUT2D eigenvalue weighted by molar-refractivity contribution is 7.58. The van der Waals surface area contributed by atoms with Gasteiger partial charge < -0.3 is 35.9 Å². The summed E-state index contributed by atoms with van der Waals surface area (Å²) in [5, 5.41) is 7.38. The molecule has 0 bridgehead atoms. The molecular formula is C16H22N6S2-2. The van der Waals surface area contributed by atoms with E-state index >= 15 is 0 Å². The predicted molar refractivity (Wildman–Crippen MR) is 100 cm³/mol. The molecule has 0 aliphatic carbocycles. The van der Waals surface area contributed by atoms with E-state index in [4.69, 9.17) is 25.3 Å². The molecule has 2 aromatic rings. The van der Waals surface area contributed by atoms with Gasteiger partial charge in [-0.1, -0.05) is 12.8 Å². The molecular weight excluding hydrogens is 340 g/mol. The maximum atomic E-state index is 5.01. The van der Waals surface area contributed by atoms with Crippen LogP contribution in [0, 0.1) is 13.8 Å². The number of rotatable bonds is 9. The SMILES string of the molecule is Cc1cc(NCCCCCCNc2cc(C)nc([S-])n2)nc([S-])n1. The third-order valence-corrected chi connectivity index (χ3v) is 3.75. The number of unbranched alkanes of at least 4 members (excludes halogenated alkanes) is 3. The van der Waals surface area contributed by atoms with Gasteiger partial charge in [-0.3, -0.25) is 9.97 Å². The van der Waals surface area contributed by atoms with Gasteiger partial charge in [0, 0.05) is 46.9 Å². The van der Waals surface area contributed by atoms with Crippen molar-refractivity contribution in [1.29, 1.82) is 0 Å². The Morgan fingerprint density at radius 2 is 1.12 bits per heavy atom. The second kappa shape index (κ2) is 9.48. The molecule has 0 fully saturated rings. The quantitative estimate of drug-likeness (QED) is 0.401. The third-order valence-electron chi connectivity index (χ3n) is 3.38. The van der Waals surface area contributed by atoms with E-state index in [-0.39, 0.29) is 0 Å². The van der Waals surface area contributed by atoms with Gasteiger partial charge in [0.2, 0.25) is 0 Å². The first-order chi connectivity index (χ1) is 11.5. The Balaban J connectivity index is 1.55. The summed E-state index contributed by atoms with van der Waals surface area (Å²) in [5.74, 6) is 1.63. The Morgan fingerprint density at radius 3 is 1.50 bits per heavy atom. The van der Waals surface area contributed by atoms with Gasteiger partial charge in [-0.15, -0.1) is 0 Å². The fourth-order valence-electron chi connectivity index (χ4n) is 2.30. The summed E-state index contributed by atoms with van der Waals surface area (Å²) in [6.45, 7) is 5.62. The minimum atomic E-state index is 0.394. The van der Waals surface area contributed by atoms with Gasteiger partial charge in [0.1, 0.15) is 11.6 Å². The lowest BCUT2D eigenvalue weighted by molar-refractivity contribution is 0.668. The Kier molecular flexibility index (Phi) is 7.33. The van der Waals surface area contributed by atoms with Crippen LogP contribution in [0.25, 0.3) is 0 Å². The lowest BCUT2D eigenvalue weighted by Crippen LogP contribution is -2.07. The minimum absolute atomic E-state index is 0.394. The number of aromatic nitrogens is 4. The fraction of sp³-hybridized carbons (Fsp3) is 0.500. The van der Waals surface area contributed by atoms with E-state index < -0.39 is 0 Å². The van der Waals surface area contributed by atoms with Crippen molar-refractivity contribution in [1.82, 2.24) is 19.9 Å².